The fraction of sp³-hybridized carbons (Fsp3) is 0.647. The topological polar surface area (TPSA) is 83.9 Å². The normalized spacial score (nSPS) is 18.7. The minimum absolute atomic E-state index is 0. The van der Waals surface area contributed by atoms with E-state index in [1.807, 2.05) is 11.8 Å². The van der Waals surface area contributed by atoms with Crippen LogP contribution in [0.15, 0.2) is 23.3 Å². The Kier molecular flexibility index (Phi) is 8.99. The summed E-state index contributed by atoms with van der Waals surface area (Å²) < 4.78 is 65.0. The van der Waals surface area contributed by atoms with Crippen LogP contribution >= 0.6 is 24.0 Å². The third kappa shape index (κ3) is 7.46. The SMILES string of the molecule is CCNC(=NCc1ccnc(OCC(F)(F)F)c1)N1CCS(=O)(=O)C(C)(C)C1.I. The van der Waals surface area contributed by atoms with Gasteiger partial charge in [0.2, 0.25) is 5.88 Å². The zero-order chi connectivity index (χ0) is 21.0. The van der Waals surface area contributed by atoms with Gasteiger partial charge in [-0.25, -0.2) is 18.4 Å². The van der Waals surface area contributed by atoms with Crippen LogP contribution in [0.25, 0.3) is 0 Å². The second-order valence-electron chi connectivity index (χ2n) is 7.08. The third-order valence-electron chi connectivity index (χ3n) is 4.27. The van der Waals surface area contributed by atoms with Gasteiger partial charge in [-0.15, -0.1) is 24.0 Å². The summed E-state index contributed by atoms with van der Waals surface area (Å²) in [5, 5.41) is 3.13. The largest absolute Gasteiger partial charge is 0.468 e. The van der Waals surface area contributed by atoms with E-state index in [2.05, 4.69) is 20.0 Å². The van der Waals surface area contributed by atoms with E-state index < -0.39 is 27.4 Å². The summed E-state index contributed by atoms with van der Waals surface area (Å²) in [4.78, 5) is 10.2. The first-order valence-corrected chi connectivity index (χ1v) is 10.5. The maximum absolute atomic E-state index is 12.3. The molecule has 1 N–H and O–H groups in total. The number of aliphatic imine (C=N–C) groups is 1. The number of ether oxygens (including phenoxy) is 1. The van der Waals surface area contributed by atoms with Crippen LogP contribution in [0.3, 0.4) is 0 Å². The number of aromatic nitrogens is 1. The minimum Gasteiger partial charge on any atom is -0.468 e. The lowest BCUT2D eigenvalue weighted by Gasteiger charge is -2.39. The van der Waals surface area contributed by atoms with Crippen molar-refractivity contribution in [2.45, 2.75) is 38.2 Å². The van der Waals surface area contributed by atoms with Gasteiger partial charge in [0.25, 0.3) is 0 Å². The van der Waals surface area contributed by atoms with Gasteiger partial charge in [-0.1, -0.05) is 0 Å². The van der Waals surface area contributed by atoms with Crippen molar-refractivity contribution in [2.24, 2.45) is 4.99 Å². The Morgan fingerprint density at radius 1 is 1.41 bits per heavy atom. The number of alkyl halides is 3. The smallest absolute Gasteiger partial charge is 0.422 e. The fourth-order valence-corrected chi connectivity index (χ4v) is 4.07. The molecule has 166 valence electrons. The van der Waals surface area contributed by atoms with Crippen molar-refractivity contribution in [1.29, 1.82) is 0 Å². The monoisotopic (exact) mass is 550 g/mol. The first-order valence-electron chi connectivity index (χ1n) is 8.83. The second kappa shape index (κ2) is 10.1. The molecule has 0 amide bonds. The highest BCUT2D eigenvalue weighted by atomic mass is 127. The lowest BCUT2D eigenvalue weighted by atomic mass is 10.2. The number of guanidine groups is 1. The summed E-state index contributed by atoms with van der Waals surface area (Å²) in [5.41, 5.74) is 0.631. The highest BCUT2D eigenvalue weighted by Gasteiger charge is 2.41. The van der Waals surface area contributed by atoms with Crippen molar-refractivity contribution in [3.05, 3.63) is 23.9 Å². The van der Waals surface area contributed by atoms with Crippen LogP contribution in [0.4, 0.5) is 13.2 Å². The predicted molar refractivity (Wildman–Crippen MR) is 115 cm³/mol. The van der Waals surface area contributed by atoms with Crippen LogP contribution < -0.4 is 10.1 Å². The summed E-state index contributed by atoms with van der Waals surface area (Å²) in [6.07, 6.45) is -3.07. The summed E-state index contributed by atoms with van der Waals surface area (Å²) in [6.45, 7) is 5.28. The lowest BCUT2D eigenvalue weighted by Crippen LogP contribution is -2.57. The number of nitrogens with one attached hydrogen (secondary N) is 1. The lowest BCUT2D eigenvalue weighted by molar-refractivity contribution is -0.154. The van der Waals surface area contributed by atoms with E-state index in [0.717, 1.165) is 0 Å². The molecule has 1 fully saturated rings. The molecule has 2 rings (SSSR count). The predicted octanol–water partition coefficient (Wildman–Crippen LogP) is 2.62. The number of halogens is 4. The molecule has 1 aliphatic heterocycles. The van der Waals surface area contributed by atoms with E-state index in [1.54, 1.807) is 19.9 Å². The number of sulfone groups is 1. The molecule has 1 saturated heterocycles. The van der Waals surface area contributed by atoms with E-state index in [0.29, 0.717) is 31.2 Å². The number of hydrogen-bond acceptors (Lipinski definition) is 5. The maximum Gasteiger partial charge on any atom is 0.422 e. The first kappa shape index (κ1) is 25.7. The van der Waals surface area contributed by atoms with Gasteiger partial charge in [-0.2, -0.15) is 13.2 Å². The number of pyridine rings is 1. The van der Waals surface area contributed by atoms with E-state index in [9.17, 15) is 21.6 Å². The Morgan fingerprint density at radius 3 is 2.69 bits per heavy atom. The number of nitrogens with zero attached hydrogens (tertiary/aromatic N) is 3. The van der Waals surface area contributed by atoms with Crippen LogP contribution in [0.5, 0.6) is 5.88 Å². The van der Waals surface area contributed by atoms with Crippen LogP contribution in [0, 0.1) is 0 Å². The molecule has 29 heavy (non-hydrogen) atoms. The van der Waals surface area contributed by atoms with Gasteiger partial charge in [-0.05, 0) is 32.4 Å². The molecule has 0 bridgehead atoms. The molecule has 1 aromatic rings. The quantitative estimate of drug-likeness (QED) is 0.345. The van der Waals surface area contributed by atoms with Crippen molar-refractivity contribution in [2.75, 3.05) is 32.0 Å². The molecule has 7 nitrogen and oxygen atoms in total. The Labute approximate surface area is 186 Å². The molecule has 0 aliphatic carbocycles. The molecule has 0 atom stereocenters. The zero-order valence-corrected chi connectivity index (χ0v) is 19.6. The third-order valence-corrected chi connectivity index (χ3v) is 6.81. The Balaban J connectivity index is 0.00000420. The molecular weight excluding hydrogens is 524 g/mol. The van der Waals surface area contributed by atoms with Gasteiger partial charge in [0.15, 0.2) is 22.4 Å². The fourth-order valence-electron chi connectivity index (χ4n) is 2.70. The minimum atomic E-state index is -4.44. The maximum atomic E-state index is 12.3. The molecule has 0 radical (unpaired) electrons. The molecule has 1 aromatic heterocycles. The van der Waals surface area contributed by atoms with Crippen molar-refractivity contribution >= 4 is 39.8 Å². The van der Waals surface area contributed by atoms with E-state index in [-0.39, 0.29) is 42.2 Å². The highest BCUT2D eigenvalue weighted by Crippen LogP contribution is 2.24. The average molecular weight is 550 g/mol. The van der Waals surface area contributed by atoms with Crippen LogP contribution in [0.2, 0.25) is 0 Å². The van der Waals surface area contributed by atoms with E-state index >= 15 is 0 Å². The van der Waals surface area contributed by atoms with Crippen LogP contribution in [0.1, 0.15) is 26.3 Å². The average Bonchev–Trinajstić information content (AvgIpc) is 2.59. The van der Waals surface area contributed by atoms with Gasteiger partial charge >= 0.3 is 6.18 Å². The summed E-state index contributed by atoms with van der Waals surface area (Å²) >= 11 is 0. The van der Waals surface area contributed by atoms with Crippen molar-refractivity contribution in [3.8, 4) is 5.88 Å². The van der Waals surface area contributed by atoms with Crippen LogP contribution in [-0.2, 0) is 16.4 Å². The second-order valence-corrected chi connectivity index (χ2v) is 9.82. The molecular formula is C17H26F3IN4O3S. The van der Waals surface area contributed by atoms with Crippen molar-refractivity contribution in [3.63, 3.8) is 0 Å². The van der Waals surface area contributed by atoms with Gasteiger partial charge < -0.3 is 15.0 Å². The molecule has 0 saturated carbocycles. The standard InChI is InChI=1S/C17H25F3N4O3S.HI/c1-4-21-15(24-7-8-28(25,26)16(2,3)11-24)23-10-13-5-6-22-14(9-13)27-12-17(18,19)20;/h5-6,9H,4,7-8,10-12H2,1-3H3,(H,21,23);1H. The summed E-state index contributed by atoms with van der Waals surface area (Å²) in [7, 11) is -3.17. The Morgan fingerprint density at radius 2 is 2.10 bits per heavy atom. The van der Waals surface area contributed by atoms with Gasteiger partial charge in [-0.3, -0.25) is 0 Å². The Bertz CT molecular complexity index is 816. The van der Waals surface area contributed by atoms with Gasteiger partial charge in [0.1, 0.15) is 0 Å². The Hall–Kier alpha value is -1.31. The van der Waals surface area contributed by atoms with E-state index in [4.69, 9.17) is 0 Å². The summed E-state index contributed by atoms with van der Waals surface area (Å²) in [5.74, 6) is 0.468. The van der Waals surface area contributed by atoms with Gasteiger partial charge in [0.05, 0.1) is 17.0 Å². The van der Waals surface area contributed by atoms with Crippen molar-refractivity contribution in [1.82, 2.24) is 15.2 Å². The zero-order valence-electron chi connectivity index (χ0n) is 16.5. The molecule has 0 unspecified atom stereocenters. The van der Waals surface area contributed by atoms with Crippen LogP contribution in [-0.4, -0.2) is 67.2 Å². The molecule has 0 spiro atoms. The van der Waals surface area contributed by atoms with Crippen molar-refractivity contribution < 1.29 is 26.3 Å². The van der Waals surface area contributed by atoms with Gasteiger partial charge in [0, 0.05) is 31.9 Å². The number of hydrogen-bond donors (Lipinski definition) is 1. The molecule has 0 aromatic carbocycles. The highest BCUT2D eigenvalue weighted by molar-refractivity contribution is 14.0. The first-order chi connectivity index (χ1) is 12.9. The molecule has 12 heteroatoms. The molecule has 2 heterocycles. The molecule has 1 aliphatic rings. The van der Waals surface area contributed by atoms with E-state index in [1.165, 1.54) is 12.3 Å². The number of rotatable bonds is 5. The summed E-state index contributed by atoms with van der Waals surface area (Å²) in [6, 6.07) is 3.04.